The van der Waals surface area contributed by atoms with Crippen molar-refractivity contribution >= 4 is 54.9 Å². The number of nitrogens with one attached hydrogen (secondary N) is 3. The Bertz CT molecular complexity index is 577. The fraction of sp³-hybridized carbons (Fsp3) is 0.615. The number of rotatable bonds is 12. The van der Waals surface area contributed by atoms with Gasteiger partial charge in [0.05, 0.1) is 19.1 Å². The molecule has 0 aliphatic rings. The lowest BCUT2D eigenvalue weighted by atomic mass is 10.1. The van der Waals surface area contributed by atoms with Crippen LogP contribution in [0.1, 0.15) is 6.42 Å². The van der Waals surface area contributed by atoms with Crippen LogP contribution in [-0.2, 0) is 24.0 Å². The molecule has 0 aliphatic heterocycles. The van der Waals surface area contributed by atoms with Gasteiger partial charge in [-0.05, 0) is 0 Å². The molecule has 0 aliphatic carbocycles. The van der Waals surface area contributed by atoms with Crippen LogP contribution < -0.4 is 21.7 Å². The highest BCUT2D eigenvalue weighted by atomic mass is 32.1. The molecule has 3 amide bonds. The van der Waals surface area contributed by atoms with Crippen LogP contribution in [0.15, 0.2) is 0 Å². The van der Waals surface area contributed by atoms with Crippen LogP contribution in [0.25, 0.3) is 0 Å². The Labute approximate surface area is 165 Å². The number of carboxylic acids is 2. The second-order valence-electron chi connectivity index (χ2n) is 5.27. The average molecular weight is 426 g/mol. The summed E-state index contributed by atoms with van der Waals surface area (Å²) in [6.45, 7) is -0.881. The standard InChI is InChI=1S/C13H22N4O8S2/c14-5(3-26)10(21)15-6(1-9(19)20)11(22)17-8(4-27)12(23)16-7(2-18)13(24)25/h5-8,18,26-27H,1-4,14H2,(H,15,21)(H,16,23)(H,17,22)(H,19,20)(H,24,25). The van der Waals surface area contributed by atoms with Crippen molar-refractivity contribution in [3.63, 3.8) is 0 Å². The van der Waals surface area contributed by atoms with Gasteiger partial charge in [-0.2, -0.15) is 25.3 Å². The molecular formula is C13H22N4O8S2. The number of thiol groups is 2. The molecule has 4 unspecified atom stereocenters. The highest BCUT2D eigenvalue weighted by Crippen LogP contribution is 1.99. The minimum atomic E-state index is -1.60. The van der Waals surface area contributed by atoms with Crippen LogP contribution in [0.5, 0.6) is 0 Å². The molecule has 0 fully saturated rings. The van der Waals surface area contributed by atoms with E-state index >= 15 is 0 Å². The van der Waals surface area contributed by atoms with E-state index in [0.717, 1.165) is 0 Å². The van der Waals surface area contributed by atoms with Gasteiger partial charge in [0.15, 0.2) is 0 Å². The second-order valence-corrected chi connectivity index (χ2v) is 6.00. The van der Waals surface area contributed by atoms with E-state index in [-0.39, 0.29) is 11.5 Å². The van der Waals surface area contributed by atoms with Crippen LogP contribution in [0.3, 0.4) is 0 Å². The van der Waals surface area contributed by atoms with Gasteiger partial charge >= 0.3 is 11.9 Å². The lowest BCUT2D eigenvalue weighted by Crippen LogP contribution is -2.58. The van der Waals surface area contributed by atoms with Crippen LogP contribution >= 0.6 is 25.3 Å². The Hall–Kier alpha value is -2.03. The maximum absolute atomic E-state index is 12.3. The molecule has 14 heteroatoms. The van der Waals surface area contributed by atoms with E-state index in [4.69, 9.17) is 21.1 Å². The first-order valence-corrected chi connectivity index (χ1v) is 8.77. The fourth-order valence-corrected chi connectivity index (χ4v) is 2.09. The largest absolute Gasteiger partial charge is 0.481 e. The third-order valence-corrected chi connectivity index (χ3v) is 3.92. The minimum Gasteiger partial charge on any atom is -0.481 e. The lowest BCUT2D eigenvalue weighted by molar-refractivity contribution is -0.144. The van der Waals surface area contributed by atoms with Crippen LogP contribution in [-0.4, -0.2) is 87.3 Å². The fourth-order valence-electron chi connectivity index (χ4n) is 1.67. The minimum absolute atomic E-state index is 0.0490. The van der Waals surface area contributed by atoms with E-state index in [1.165, 1.54) is 0 Å². The molecule has 0 saturated carbocycles. The molecule has 0 aromatic carbocycles. The Morgan fingerprint density at radius 1 is 0.815 bits per heavy atom. The zero-order chi connectivity index (χ0) is 21.1. The maximum atomic E-state index is 12.3. The Morgan fingerprint density at radius 3 is 1.70 bits per heavy atom. The van der Waals surface area contributed by atoms with Crippen molar-refractivity contribution in [3.8, 4) is 0 Å². The van der Waals surface area contributed by atoms with Gasteiger partial charge in [0, 0.05) is 11.5 Å². The molecule has 0 bridgehead atoms. The normalized spacial score (nSPS) is 15.0. The number of aliphatic carboxylic acids is 2. The first-order chi connectivity index (χ1) is 12.6. The molecule has 0 aromatic rings. The zero-order valence-electron chi connectivity index (χ0n) is 14.0. The highest BCUT2D eigenvalue weighted by Gasteiger charge is 2.30. The SMILES string of the molecule is NC(CS)C(=O)NC(CC(=O)O)C(=O)NC(CS)C(=O)NC(CO)C(=O)O. The summed E-state index contributed by atoms with van der Waals surface area (Å²) in [5.41, 5.74) is 5.45. The summed E-state index contributed by atoms with van der Waals surface area (Å²) in [5, 5.41) is 32.9. The molecule has 0 heterocycles. The summed E-state index contributed by atoms with van der Waals surface area (Å²) in [6.07, 6.45) is -0.786. The summed E-state index contributed by atoms with van der Waals surface area (Å²) < 4.78 is 0. The number of aliphatic hydroxyl groups is 1. The van der Waals surface area contributed by atoms with Crippen LogP contribution in [0, 0.1) is 0 Å². The van der Waals surface area contributed by atoms with E-state index in [0.29, 0.717) is 0 Å². The van der Waals surface area contributed by atoms with Crippen molar-refractivity contribution in [2.75, 3.05) is 18.1 Å². The van der Waals surface area contributed by atoms with E-state index < -0.39 is 66.9 Å². The Morgan fingerprint density at radius 2 is 1.30 bits per heavy atom. The summed E-state index contributed by atoms with van der Waals surface area (Å²) in [7, 11) is 0. The lowest BCUT2D eigenvalue weighted by Gasteiger charge is -2.23. The number of carboxylic acid groups (broad SMARTS) is 2. The summed E-state index contributed by atoms with van der Waals surface area (Å²) in [6, 6.07) is -5.56. The van der Waals surface area contributed by atoms with Gasteiger partial charge in [0.25, 0.3) is 0 Å². The van der Waals surface area contributed by atoms with Crippen LogP contribution in [0.4, 0.5) is 0 Å². The maximum Gasteiger partial charge on any atom is 0.328 e. The van der Waals surface area contributed by atoms with Gasteiger partial charge in [-0.3, -0.25) is 19.2 Å². The number of nitrogens with two attached hydrogens (primary N) is 1. The van der Waals surface area contributed by atoms with Gasteiger partial charge in [0.1, 0.15) is 18.1 Å². The molecule has 0 radical (unpaired) electrons. The number of carbonyl (C=O) groups is 5. The highest BCUT2D eigenvalue weighted by molar-refractivity contribution is 7.80. The third kappa shape index (κ3) is 8.94. The third-order valence-electron chi connectivity index (χ3n) is 3.16. The van der Waals surface area contributed by atoms with Gasteiger partial charge in [-0.15, -0.1) is 0 Å². The molecule has 0 saturated heterocycles. The quantitative estimate of drug-likeness (QED) is 0.140. The summed E-state index contributed by atoms with van der Waals surface area (Å²) >= 11 is 7.69. The van der Waals surface area contributed by atoms with E-state index in [1.807, 2.05) is 5.32 Å². The smallest absolute Gasteiger partial charge is 0.328 e. The number of carbonyl (C=O) groups excluding carboxylic acids is 3. The van der Waals surface area contributed by atoms with Crippen molar-refractivity contribution in [3.05, 3.63) is 0 Å². The van der Waals surface area contributed by atoms with E-state index in [2.05, 4.69) is 35.9 Å². The van der Waals surface area contributed by atoms with Crippen molar-refractivity contribution in [1.82, 2.24) is 16.0 Å². The van der Waals surface area contributed by atoms with Gasteiger partial charge in [0.2, 0.25) is 17.7 Å². The molecule has 0 aromatic heterocycles. The molecule has 12 nitrogen and oxygen atoms in total. The molecule has 8 N–H and O–H groups in total. The van der Waals surface area contributed by atoms with Crippen LogP contribution in [0.2, 0.25) is 0 Å². The zero-order valence-corrected chi connectivity index (χ0v) is 15.8. The predicted octanol–water partition coefficient (Wildman–Crippen LogP) is -3.82. The summed E-state index contributed by atoms with van der Waals surface area (Å²) in [4.78, 5) is 57.8. The van der Waals surface area contributed by atoms with Crippen molar-refractivity contribution in [2.24, 2.45) is 5.73 Å². The molecule has 154 valence electrons. The van der Waals surface area contributed by atoms with Crippen molar-refractivity contribution in [1.29, 1.82) is 0 Å². The molecule has 4 atom stereocenters. The number of hydrogen-bond donors (Lipinski definition) is 9. The first kappa shape index (κ1) is 25.0. The Balaban J connectivity index is 5.13. The molecular weight excluding hydrogens is 404 g/mol. The molecule has 0 spiro atoms. The van der Waals surface area contributed by atoms with E-state index in [1.54, 1.807) is 0 Å². The van der Waals surface area contributed by atoms with Crippen molar-refractivity contribution < 1.29 is 39.3 Å². The number of aliphatic hydroxyl groups excluding tert-OH is 1. The second kappa shape index (κ2) is 12.4. The molecule has 0 rings (SSSR count). The van der Waals surface area contributed by atoms with Gasteiger partial charge in [-0.1, -0.05) is 0 Å². The number of amides is 3. The predicted molar refractivity (Wildman–Crippen MR) is 98.4 cm³/mol. The van der Waals surface area contributed by atoms with Gasteiger partial charge < -0.3 is 37.0 Å². The van der Waals surface area contributed by atoms with Gasteiger partial charge in [-0.25, -0.2) is 4.79 Å². The molecule has 27 heavy (non-hydrogen) atoms. The summed E-state index contributed by atoms with van der Waals surface area (Å²) in [5.74, 6) is -6.00. The monoisotopic (exact) mass is 426 g/mol. The topological polar surface area (TPSA) is 208 Å². The first-order valence-electron chi connectivity index (χ1n) is 7.51. The number of hydrogen-bond acceptors (Lipinski definition) is 9. The van der Waals surface area contributed by atoms with Crippen molar-refractivity contribution in [2.45, 2.75) is 30.6 Å². The van der Waals surface area contributed by atoms with E-state index in [9.17, 15) is 24.0 Å². The Kier molecular flexibility index (Phi) is 11.4. The average Bonchev–Trinajstić information content (AvgIpc) is 2.61.